The van der Waals surface area contributed by atoms with Gasteiger partial charge in [-0.3, -0.25) is 0 Å². The molecular weight excluding hydrogens is 1370 g/mol. The van der Waals surface area contributed by atoms with Crippen molar-refractivity contribution in [1.29, 1.82) is 0 Å². The smallest absolute Gasteiger partial charge is 0.650 e. The first-order valence-electron chi connectivity index (χ1n) is 42.2. The van der Waals surface area contributed by atoms with Crippen molar-refractivity contribution in [1.82, 2.24) is 0 Å². The van der Waals surface area contributed by atoms with Gasteiger partial charge in [-0.15, -0.1) is 26.2 Å². The van der Waals surface area contributed by atoms with Gasteiger partial charge in [-0.1, -0.05) is 488 Å². The van der Waals surface area contributed by atoms with E-state index in [1.54, 1.807) is 20.7 Å². The summed E-state index contributed by atoms with van der Waals surface area (Å²) in [6, 6.07) is 50.4. The molecular formula is C96H152N4Si4Ti. The summed E-state index contributed by atoms with van der Waals surface area (Å²) in [5, 5.41) is 26.5. The van der Waals surface area contributed by atoms with Crippen molar-refractivity contribution in [3.8, 4) is 0 Å². The normalized spacial score (nSPS) is 21.0. The topological polar surface area (TPSA) is 56.4 Å². The minimum atomic E-state index is -0.693. The number of allylic oxidation sites excluding steroid dienone is 8. The second-order valence-electron chi connectivity index (χ2n) is 33.3. The van der Waals surface area contributed by atoms with Gasteiger partial charge < -0.3 is 21.3 Å². The molecule has 8 unspecified atom stereocenters. The van der Waals surface area contributed by atoms with Gasteiger partial charge in [-0.05, 0) is 83.1 Å². The third kappa shape index (κ3) is 32.6. The van der Waals surface area contributed by atoms with Gasteiger partial charge in [0.2, 0.25) is 0 Å². The van der Waals surface area contributed by atoms with Crippen LogP contribution in [0.5, 0.6) is 0 Å². The molecule has 0 N–H and O–H groups in total. The van der Waals surface area contributed by atoms with Crippen molar-refractivity contribution in [2.24, 2.45) is 0 Å². The Kier molecular flexibility index (Phi) is 44.7. The van der Waals surface area contributed by atoms with E-state index >= 15 is 0 Å². The van der Waals surface area contributed by atoms with E-state index in [0.29, 0.717) is 0 Å². The Bertz CT molecular complexity index is 2920. The summed E-state index contributed by atoms with van der Waals surface area (Å²) in [4.78, 5) is 0. The van der Waals surface area contributed by atoms with Crippen LogP contribution in [-0.2, 0) is 21.7 Å². The molecule has 0 amide bonds. The quantitative estimate of drug-likeness (QED) is 0.0313. The minimum Gasteiger partial charge on any atom is -0.650 e. The van der Waals surface area contributed by atoms with Crippen LogP contribution in [0.15, 0.2) is 213 Å². The van der Waals surface area contributed by atoms with E-state index in [1.807, 2.05) is 0 Å². The standard InChI is InChI=1S/4C24H38NSi.Ti/c4*1-20-19-24(4,22(3)21(20)2)25-17-13-8-6-7-9-14-18-26(5)23-15-11-10-12-16-23;/h4*10-12,15-16,19,26H,6-9,13-14,17-18H2,1-5H3;/q4*-1;+4. The van der Waals surface area contributed by atoms with E-state index in [0.717, 1.165) is 26.2 Å². The number of hydrogen-bond donors (Lipinski definition) is 0. The first-order chi connectivity index (χ1) is 49.8. The van der Waals surface area contributed by atoms with Crippen molar-refractivity contribution in [2.75, 3.05) is 26.2 Å². The van der Waals surface area contributed by atoms with Crippen LogP contribution in [0.2, 0.25) is 50.4 Å². The molecule has 8 rings (SSSR count). The summed E-state index contributed by atoms with van der Waals surface area (Å²) < 4.78 is 0. The van der Waals surface area contributed by atoms with Crippen LogP contribution in [0.25, 0.3) is 21.3 Å². The molecule has 0 radical (unpaired) electrons. The SMILES string of the molecule is CC1=CC(C)([N-]CCCCCCCC[SiH](C)c2ccccc2)C(C)=C1C.CC1=CC(C)([N-]CCCCCCCC[SiH](C)c2ccccc2)C(C)=C1C.CC1=CC(C)([N-]CCCCCCCC[SiH](C)c2ccccc2)C(C)=C1C.CC1=CC(C)([N-]CCCCCCCC[SiH](C)c2ccccc2)C(C)=C1C.[Ti+4]. The van der Waals surface area contributed by atoms with Gasteiger partial charge >= 0.3 is 21.7 Å². The molecule has 0 saturated carbocycles. The molecule has 9 heteroatoms. The fourth-order valence-electron chi connectivity index (χ4n) is 16.0. The maximum atomic E-state index is 5.00. The molecule has 576 valence electrons. The Morgan fingerprint density at radius 1 is 0.229 bits per heavy atom. The molecule has 0 fully saturated rings. The van der Waals surface area contributed by atoms with E-state index in [2.05, 4.69) is 283 Å². The van der Waals surface area contributed by atoms with Crippen molar-refractivity contribution in [3.63, 3.8) is 0 Å². The molecule has 4 aromatic rings. The second kappa shape index (κ2) is 50.2. The van der Waals surface area contributed by atoms with E-state index < -0.39 is 35.2 Å². The van der Waals surface area contributed by atoms with Crippen LogP contribution < -0.4 is 20.7 Å². The average Bonchev–Trinajstić information content (AvgIpc) is 1.68. The van der Waals surface area contributed by atoms with Gasteiger partial charge in [0.25, 0.3) is 0 Å². The van der Waals surface area contributed by atoms with Crippen LogP contribution in [0.3, 0.4) is 0 Å². The Morgan fingerprint density at radius 2 is 0.381 bits per heavy atom. The van der Waals surface area contributed by atoms with Crippen LogP contribution in [0.1, 0.15) is 265 Å². The summed E-state index contributed by atoms with van der Waals surface area (Å²) in [5.41, 5.74) is 17.0. The molecule has 0 aliphatic heterocycles. The zero-order valence-electron chi connectivity index (χ0n) is 71.1. The van der Waals surface area contributed by atoms with Crippen molar-refractivity contribution in [2.45, 2.75) is 337 Å². The maximum Gasteiger partial charge on any atom is 4.00 e. The summed E-state index contributed by atoms with van der Waals surface area (Å²) in [6.07, 6.45) is 42.0. The molecule has 0 bridgehead atoms. The summed E-state index contributed by atoms with van der Waals surface area (Å²) in [5.74, 6) is 0. The van der Waals surface area contributed by atoms with Crippen LogP contribution in [0, 0.1) is 0 Å². The summed E-state index contributed by atoms with van der Waals surface area (Å²) >= 11 is 0. The van der Waals surface area contributed by atoms with Gasteiger partial charge in [-0.25, -0.2) is 0 Å². The predicted molar refractivity (Wildman–Crippen MR) is 481 cm³/mol. The molecule has 4 aromatic carbocycles. The van der Waals surface area contributed by atoms with Gasteiger partial charge in [0, 0.05) is 0 Å². The largest absolute Gasteiger partial charge is 4.00 e. The number of hydrogen-bond acceptors (Lipinski definition) is 0. The third-order valence-corrected chi connectivity index (χ3v) is 36.2. The number of benzene rings is 4. The zero-order chi connectivity index (χ0) is 76.0. The third-order valence-electron chi connectivity index (χ3n) is 25.1. The average molecular weight is 1520 g/mol. The van der Waals surface area contributed by atoms with Gasteiger partial charge in [0.15, 0.2) is 0 Å². The monoisotopic (exact) mass is 1520 g/mol. The molecule has 4 nitrogen and oxygen atoms in total. The number of nitrogens with zero attached hydrogens (tertiary/aromatic N) is 4. The van der Waals surface area contributed by atoms with Gasteiger partial charge in [0.05, 0.1) is 35.2 Å². The van der Waals surface area contributed by atoms with Crippen molar-refractivity contribution < 1.29 is 21.7 Å². The maximum absolute atomic E-state index is 5.00. The first-order valence-corrected chi connectivity index (χ1v) is 52.4. The minimum absolute atomic E-state index is 0. The molecule has 0 spiro atoms. The second-order valence-corrected chi connectivity index (χ2v) is 45.5. The van der Waals surface area contributed by atoms with E-state index in [4.69, 9.17) is 21.3 Å². The molecule has 4 aliphatic carbocycles. The van der Waals surface area contributed by atoms with E-state index in [-0.39, 0.29) is 43.9 Å². The van der Waals surface area contributed by atoms with Crippen LogP contribution in [0.4, 0.5) is 0 Å². The number of unbranched alkanes of at least 4 members (excludes halogenated alkanes) is 20. The fourth-order valence-corrected chi connectivity index (χ4v) is 24.5. The van der Waals surface area contributed by atoms with Gasteiger partial charge in [-0.2, -0.15) is 0 Å². The first kappa shape index (κ1) is 93.6. The Hall–Kier alpha value is -3.78. The fraction of sp³-hybridized carbons (Fsp3) is 0.583. The molecule has 8 atom stereocenters. The number of rotatable bonds is 44. The van der Waals surface area contributed by atoms with Crippen LogP contribution in [-0.4, -0.2) is 83.5 Å². The van der Waals surface area contributed by atoms with Crippen molar-refractivity contribution in [3.05, 3.63) is 234 Å². The zero-order valence-corrected chi connectivity index (χ0v) is 77.3. The Labute approximate surface area is 669 Å². The molecule has 0 aromatic heterocycles. The Morgan fingerprint density at radius 3 is 0.533 bits per heavy atom. The summed E-state index contributed by atoms with van der Waals surface area (Å²) in [7, 11) is -2.77. The molecule has 105 heavy (non-hydrogen) atoms. The molecule has 4 aliphatic rings. The molecule has 0 heterocycles. The van der Waals surface area contributed by atoms with Gasteiger partial charge in [0.1, 0.15) is 0 Å². The van der Waals surface area contributed by atoms with E-state index in [1.165, 1.54) is 245 Å². The van der Waals surface area contributed by atoms with Crippen LogP contribution >= 0.6 is 0 Å². The van der Waals surface area contributed by atoms with E-state index in [9.17, 15) is 0 Å². The molecule has 0 saturated heterocycles. The van der Waals surface area contributed by atoms with Crippen molar-refractivity contribution >= 4 is 55.9 Å². The predicted octanol–water partition coefficient (Wildman–Crippen LogP) is 26.1. The summed E-state index contributed by atoms with van der Waals surface area (Å²) in [6.45, 7) is 49.8. The Balaban J connectivity index is 0.000000295.